The van der Waals surface area contributed by atoms with Crippen molar-refractivity contribution in [2.75, 3.05) is 13.1 Å². The minimum Gasteiger partial charge on any atom is -0.341 e. The van der Waals surface area contributed by atoms with Crippen LogP contribution in [-0.4, -0.2) is 40.8 Å². The van der Waals surface area contributed by atoms with Gasteiger partial charge in [-0.15, -0.1) is 0 Å². The van der Waals surface area contributed by atoms with Gasteiger partial charge in [0, 0.05) is 24.8 Å². The summed E-state index contributed by atoms with van der Waals surface area (Å²) in [5, 5.41) is 11.8. The van der Waals surface area contributed by atoms with E-state index in [9.17, 15) is 9.59 Å². The average Bonchev–Trinajstić information content (AvgIpc) is 3.52. The van der Waals surface area contributed by atoms with Gasteiger partial charge in [0.25, 0.3) is 5.91 Å². The van der Waals surface area contributed by atoms with Crippen LogP contribution in [0.15, 0.2) is 42.6 Å². The van der Waals surface area contributed by atoms with Crippen molar-refractivity contribution in [2.24, 2.45) is 5.41 Å². The van der Waals surface area contributed by atoms with Gasteiger partial charge in [-0.2, -0.15) is 5.26 Å². The number of rotatable bonds is 4. The molecule has 0 unspecified atom stereocenters. The summed E-state index contributed by atoms with van der Waals surface area (Å²) >= 11 is 0. The van der Waals surface area contributed by atoms with Gasteiger partial charge in [-0.3, -0.25) is 14.6 Å². The van der Waals surface area contributed by atoms with Crippen LogP contribution in [0.25, 0.3) is 11.3 Å². The summed E-state index contributed by atoms with van der Waals surface area (Å²) in [6.07, 6.45) is 6.25. The normalized spacial score (nSPS) is 18.0. The van der Waals surface area contributed by atoms with E-state index < -0.39 is 6.04 Å². The topological polar surface area (TPSA) is 86.1 Å². The molecule has 1 saturated heterocycles. The third-order valence-corrected chi connectivity index (χ3v) is 6.12. The van der Waals surface area contributed by atoms with Crippen molar-refractivity contribution in [1.29, 1.82) is 5.26 Å². The van der Waals surface area contributed by atoms with Gasteiger partial charge in [0.2, 0.25) is 5.91 Å². The van der Waals surface area contributed by atoms with Gasteiger partial charge >= 0.3 is 0 Å². The molecule has 0 bridgehead atoms. The zero-order valence-electron chi connectivity index (χ0n) is 16.5. The molecule has 0 radical (unpaired) electrons. The molecule has 1 aliphatic carbocycles. The number of likely N-dealkylation sites (tertiary alicyclic amines) is 1. The first-order chi connectivity index (χ1) is 14.0. The van der Waals surface area contributed by atoms with Crippen molar-refractivity contribution in [2.45, 2.75) is 38.6 Å². The first-order valence-corrected chi connectivity index (χ1v) is 10.1. The van der Waals surface area contributed by atoms with E-state index in [1.165, 1.54) is 19.0 Å². The Labute approximate surface area is 170 Å². The Morgan fingerprint density at radius 1 is 1.17 bits per heavy atom. The summed E-state index contributed by atoms with van der Waals surface area (Å²) in [6, 6.07) is 12.1. The molecule has 2 heterocycles. The lowest BCUT2D eigenvalue weighted by Crippen LogP contribution is -2.49. The number of pyridine rings is 1. The molecule has 1 aromatic heterocycles. The minimum absolute atomic E-state index is 0.0215. The number of piperidine rings is 1. The molecule has 148 valence electrons. The fourth-order valence-corrected chi connectivity index (χ4v) is 3.94. The van der Waals surface area contributed by atoms with Gasteiger partial charge in [-0.05, 0) is 62.3 Å². The second kappa shape index (κ2) is 7.67. The number of carbonyl (C=O) groups is 2. The second-order valence-corrected chi connectivity index (χ2v) is 8.15. The molecule has 1 spiro atoms. The van der Waals surface area contributed by atoms with Gasteiger partial charge in [0.05, 0.1) is 22.9 Å². The summed E-state index contributed by atoms with van der Waals surface area (Å²) < 4.78 is 0. The predicted octanol–water partition coefficient (Wildman–Crippen LogP) is 3.14. The van der Waals surface area contributed by atoms with E-state index in [0.29, 0.717) is 22.2 Å². The van der Waals surface area contributed by atoms with E-state index in [0.717, 1.165) is 31.5 Å². The van der Waals surface area contributed by atoms with E-state index in [1.54, 1.807) is 37.3 Å². The number of hydrogen-bond acceptors (Lipinski definition) is 4. The lowest BCUT2D eigenvalue weighted by Gasteiger charge is -2.33. The third kappa shape index (κ3) is 4.14. The quantitative estimate of drug-likeness (QED) is 0.872. The number of aromatic nitrogens is 1. The molecule has 1 aromatic carbocycles. The summed E-state index contributed by atoms with van der Waals surface area (Å²) in [4.78, 5) is 31.4. The first-order valence-electron chi connectivity index (χ1n) is 10.1. The number of hydrogen-bond donors (Lipinski definition) is 1. The Balaban J connectivity index is 1.36. The van der Waals surface area contributed by atoms with Crippen molar-refractivity contribution in [3.05, 3.63) is 53.7 Å². The van der Waals surface area contributed by atoms with Crippen LogP contribution < -0.4 is 5.32 Å². The summed E-state index contributed by atoms with van der Waals surface area (Å²) in [7, 11) is 0. The van der Waals surface area contributed by atoms with Gasteiger partial charge < -0.3 is 10.2 Å². The fraction of sp³-hybridized carbons (Fsp3) is 0.391. The largest absolute Gasteiger partial charge is 0.341 e. The van der Waals surface area contributed by atoms with E-state index in [1.807, 2.05) is 11.0 Å². The third-order valence-electron chi connectivity index (χ3n) is 6.12. The SMILES string of the molecule is C[C@H](NC(=O)c1ccc(-c2cccc(C#N)c2)nc1)C(=O)N1CCC2(CC1)CC2. The smallest absolute Gasteiger partial charge is 0.253 e. The van der Waals surface area contributed by atoms with E-state index in [-0.39, 0.29) is 11.8 Å². The lowest BCUT2D eigenvalue weighted by molar-refractivity contribution is -0.134. The molecule has 2 amide bonds. The summed E-state index contributed by atoms with van der Waals surface area (Å²) in [5.41, 5.74) is 2.98. The summed E-state index contributed by atoms with van der Waals surface area (Å²) in [6.45, 7) is 3.31. The number of nitrogens with one attached hydrogen (secondary N) is 1. The maximum Gasteiger partial charge on any atom is 0.253 e. The Kier molecular flexibility index (Phi) is 5.06. The Hall–Kier alpha value is -3.20. The highest BCUT2D eigenvalue weighted by Crippen LogP contribution is 2.53. The Bertz CT molecular complexity index is 963. The van der Waals surface area contributed by atoms with Gasteiger partial charge in [0.1, 0.15) is 6.04 Å². The standard InChI is InChI=1S/C23H24N4O2/c1-16(22(29)27-11-9-23(7-8-23)10-12-27)26-21(28)19-5-6-20(25-15-19)18-4-2-3-17(13-18)14-24/h2-6,13,15-16H,7-12H2,1H3,(H,26,28)/t16-/m0/s1. The fourth-order valence-electron chi connectivity index (χ4n) is 3.94. The van der Waals surface area contributed by atoms with Crippen molar-refractivity contribution in [3.8, 4) is 17.3 Å². The first kappa shape index (κ1) is 19.1. The van der Waals surface area contributed by atoms with Crippen LogP contribution >= 0.6 is 0 Å². The average molecular weight is 388 g/mol. The van der Waals surface area contributed by atoms with Crippen molar-refractivity contribution in [3.63, 3.8) is 0 Å². The monoisotopic (exact) mass is 388 g/mol. The van der Waals surface area contributed by atoms with Gasteiger partial charge in [-0.25, -0.2) is 0 Å². The van der Waals surface area contributed by atoms with E-state index in [4.69, 9.17) is 5.26 Å². The highest BCUT2D eigenvalue weighted by atomic mass is 16.2. The van der Waals surface area contributed by atoms with E-state index in [2.05, 4.69) is 16.4 Å². The molecule has 29 heavy (non-hydrogen) atoms. The van der Waals surface area contributed by atoms with Crippen LogP contribution in [0.1, 0.15) is 48.5 Å². The number of benzene rings is 1. The maximum atomic E-state index is 12.7. The number of amides is 2. The van der Waals surface area contributed by atoms with Crippen LogP contribution in [0.3, 0.4) is 0 Å². The molecule has 1 N–H and O–H groups in total. The van der Waals surface area contributed by atoms with Gasteiger partial charge in [0.15, 0.2) is 0 Å². The number of nitrogens with zero attached hydrogens (tertiary/aromatic N) is 3. The molecule has 6 heteroatoms. The van der Waals surface area contributed by atoms with Crippen LogP contribution in [0.5, 0.6) is 0 Å². The van der Waals surface area contributed by atoms with Crippen molar-refractivity contribution >= 4 is 11.8 Å². The van der Waals surface area contributed by atoms with Crippen LogP contribution in [0.4, 0.5) is 0 Å². The molecule has 4 rings (SSSR count). The maximum absolute atomic E-state index is 12.7. The second-order valence-electron chi connectivity index (χ2n) is 8.15. The molecule has 1 atom stereocenters. The number of carbonyl (C=O) groups excluding carboxylic acids is 2. The Morgan fingerprint density at radius 3 is 2.55 bits per heavy atom. The zero-order chi connectivity index (χ0) is 20.4. The molecule has 2 aliphatic rings. The lowest BCUT2D eigenvalue weighted by atomic mass is 9.93. The van der Waals surface area contributed by atoms with Crippen LogP contribution in [-0.2, 0) is 4.79 Å². The molecular weight excluding hydrogens is 364 g/mol. The molecule has 2 aromatic rings. The Morgan fingerprint density at radius 2 is 1.93 bits per heavy atom. The zero-order valence-corrected chi connectivity index (χ0v) is 16.5. The number of nitriles is 1. The molecule has 6 nitrogen and oxygen atoms in total. The van der Waals surface area contributed by atoms with Crippen LogP contribution in [0, 0.1) is 16.7 Å². The predicted molar refractivity (Wildman–Crippen MR) is 109 cm³/mol. The molecular formula is C23H24N4O2. The van der Waals surface area contributed by atoms with Crippen molar-refractivity contribution < 1.29 is 9.59 Å². The highest BCUT2D eigenvalue weighted by molar-refractivity contribution is 5.97. The molecule has 1 saturated carbocycles. The highest BCUT2D eigenvalue weighted by Gasteiger charge is 2.45. The van der Waals surface area contributed by atoms with E-state index >= 15 is 0 Å². The van der Waals surface area contributed by atoms with Gasteiger partial charge in [-0.1, -0.05) is 12.1 Å². The molecule has 2 fully saturated rings. The van der Waals surface area contributed by atoms with Crippen molar-refractivity contribution in [1.82, 2.24) is 15.2 Å². The summed E-state index contributed by atoms with van der Waals surface area (Å²) in [5.74, 6) is -0.335. The molecule has 1 aliphatic heterocycles. The van der Waals surface area contributed by atoms with Crippen LogP contribution in [0.2, 0.25) is 0 Å². The minimum atomic E-state index is -0.567.